The lowest BCUT2D eigenvalue weighted by Crippen LogP contribution is -2.27. The molecular formula is C38H76NO8P. The van der Waals surface area contributed by atoms with E-state index in [2.05, 4.69) is 19.2 Å². The van der Waals surface area contributed by atoms with E-state index in [4.69, 9.17) is 13.8 Å². The molecule has 0 aliphatic heterocycles. The van der Waals surface area contributed by atoms with Crippen LogP contribution < -0.4 is 5.32 Å². The molecule has 0 spiro atoms. The molecule has 0 radical (unpaired) electrons. The van der Waals surface area contributed by atoms with Crippen LogP contribution in [-0.4, -0.2) is 54.3 Å². The first-order valence-electron chi connectivity index (χ1n) is 20.0. The Hall–Kier alpha value is -0.990. The van der Waals surface area contributed by atoms with Gasteiger partial charge in [-0.05, 0) is 12.8 Å². The number of nitrogens with one attached hydrogen (secondary N) is 1. The third-order valence-electron chi connectivity index (χ3n) is 8.79. The quantitative estimate of drug-likeness (QED) is 0.0329. The standard InChI is InChI=1S/C38H76NO8P/c1-3-5-7-9-10-11-12-13-14-15-16-17-18-19-20-21-22-23-24-25-27-28-30-37(41)39-32-33-46-48(43,44)47-35-36(40)34-45-38(42)31-29-26-8-6-4-2/h36,40H,3-35H2,1-2H3,(H,39,41)(H,43,44). The van der Waals surface area contributed by atoms with Gasteiger partial charge in [-0.25, -0.2) is 4.57 Å². The summed E-state index contributed by atoms with van der Waals surface area (Å²) in [5.74, 6) is -0.520. The summed E-state index contributed by atoms with van der Waals surface area (Å²) < 4.78 is 26.6. The summed E-state index contributed by atoms with van der Waals surface area (Å²) in [5, 5.41) is 12.6. The minimum Gasteiger partial charge on any atom is -0.463 e. The maximum atomic E-state index is 12.0. The summed E-state index contributed by atoms with van der Waals surface area (Å²) >= 11 is 0. The molecule has 0 aliphatic rings. The van der Waals surface area contributed by atoms with Crippen LogP contribution >= 0.6 is 7.82 Å². The number of aliphatic hydroxyl groups is 1. The molecular weight excluding hydrogens is 629 g/mol. The van der Waals surface area contributed by atoms with E-state index in [-0.39, 0.29) is 32.1 Å². The molecule has 286 valence electrons. The molecule has 2 unspecified atom stereocenters. The SMILES string of the molecule is CCCCCCCCCCCCCCCCCCCCCCCCC(=O)NCCOP(=O)(O)OCC(O)COC(=O)CCCCCCC. The molecule has 0 rings (SSSR count). The largest absolute Gasteiger partial charge is 0.472 e. The number of ether oxygens (including phenoxy) is 1. The summed E-state index contributed by atoms with van der Waals surface area (Å²) in [6.07, 6.45) is 33.8. The van der Waals surface area contributed by atoms with Crippen LogP contribution in [0.3, 0.4) is 0 Å². The normalized spacial score (nSPS) is 13.3. The molecule has 9 nitrogen and oxygen atoms in total. The molecule has 0 bridgehead atoms. The molecule has 0 saturated heterocycles. The average molecular weight is 706 g/mol. The molecule has 0 heterocycles. The Balaban J connectivity index is 3.47. The number of hydrogen-bond donors (Lipinski definition) is 3. The van der Waals surface area contributed by atoms with Crippen LogP contribution in [0.25, 0.3) is 0 Å². The molecule has 0 aromatic rings. The number of hydrogen-bond acceptors (Lipinski definition) is 7. The first-order valence-corrected chi connectivity index (χ1v) is 21.5. The second kappa shape index (κ2) is 35.8. The molecule has 1 amide bonds. The van der Waals surface area contributed by atoms with E-state index < -0.39 is 26.5 Å². The maximum absolute atomic E-state index is 12.0. The van der Waals surface area contributed by atoms with Gasteiger partial charge in [-0.3, -0.25) is 18.6 Å². The van der Waals surface area contributed by atoms with Crippen molar-refractivity contribution >= 4 is 19.7 Å². The van der Waals surface area contributed by atoms with Crippen LogP contribution in [0.4, 0.5) is 0 Å². The Morgan fingerprint density at radius 1 is 0.562 bits per heavy atom. The number of phosphoric ester groups is 1. The number of esters is 1. The average Bonchev–Trinajstić information content (AvgIpc) is 3.07. The summed E-state index contributed by atoms with van der Waals surface area (Å²) in [4.78, 5) is 33.5. The lowest BCUT2D eigenvalue weighted by molar-refractivity contribution is -0.147. The van der Waals surface area contributed by atoms with Gasteiger partial charge in [0, 0.05) is 19.4 Å². The highest BCUT2D eigenvalue weighted by atomic mass is 31.2. The number of carbonyl (C=O) groups excluding carboxylic acids is 2. The van der Waals surface area contributed by atoms with Gasteiger partial charge in [-0.1, -0.05) is 174 Å². The summed E-state index contributed by atoms with van der Waals surface area (Å²) in [7, 11) is -4.39. The van der Waals surface area contributed by atoms with E-state index in [1.807, 2.05) is 0 Å². The predicted octanol–water partition coefficient (Wildman–Crippen LogP) is 10.5. The van der Waals surface area contributed by atoms with Crippen LogP contribution in [0.1, 0.15) is 200 Å². The Labute approximate surface area is 295 Å². The zero-order valence-corrected chi connectivity index (χ0v) is 32.1. The van der Waals surface area contributed by atoms with Crippen molar-refractivity contribution in [2.75, 3.05) is 26.4 Å². The van der Waals surface area contributed by atoms with Crippen molar-refractivity contribution in [2.45, 2.75) is 206 Å². The van der Waals surface area contributed by atoms with Crippen molar-refractivity contribution < 1.29 is 37.9 Å². The number of carbonyl (C=O) groups is 2. The minimum atomic E-state index is -4.39. The smallest absolute Gasteiger partial charge is 0.463 e. The van der Waals surface area contributed by atoms with E-state index in [0.717, 1.165) is 51.4 Å². The van der Waals surface area contributed by atoms with Gasteiger partial charge in [0.05, 0.1) is 13.2 Å². The molecule has 0 aliphatic carbocycles. The molecule has 48 heavy (non-hydrogen) atoms. The van der Waals surface area contributed by atoms with Crippen LogP contribution in [0.15, 0.2) is 0 Å². The number of amides is 1. The molecule has 0 fully saturated rings. The lowest BCUT2D eigenvalue weighted by atomic mass is 10.0. The highest BCUT2D eigenvalue weighted by Gasteiger charge is 2.23. The van der Waals surface area contributed by atoms with Gasteiger partial charge in [0.15, 0.2) is 0 Å². The lowest BCUT2D eigenvalue weighted by Gasteiger charge is -2.15. The van der Waals surface area contributed by atoms with E-state index in [9.17, 15) is 24.2 Å². The fourth-order valence-corrected chi connectivity index (χ4v) is 6.49. The minimum absolute atomic E-state index is 0.0878. The van der Waals surface area contributed by atoms with E-state index in [0.29, 0.717) is 6.42 Å². The van der Waals surface area contributed by atoms with Crippen molar-refractivity contribution in [1.82, 2.24) is 5.32 Å². The number of phosphoric acid groups is 1. The molecule has 0 aromatic heterocycles. The summed E-state index contributed by atoms with van der Waals surface area (Å²) in [6.45, 7) is 3.47. The van der Waals surface area contributed by atoms with Gasteiger partial charge < -0.3 is 20.1 Å². The predicted molar refractivity (Wildman–Crippen MR) is 197 cm³/mol. The monoisotopic (exact) mass is 706 g/mol. The van der Waals surface area contributed by atoms with Crippen LogP contribution in [0.5, 0.6) is 0 Å². The first kappa shape index (κ1) is 47.0. The van der Waals surface area contributed by atoms with Crippen molar-refractivity contribution in [3.05, 3.63) is 0 Å². The van der Waals surface area contributed by atoms with Crippen molar-refractivity contribution in [3.63, 3.8) is 0 Å². The first-order chi connectivity index (χ1) is 23.3. The molecule has 2 atom stereocenters. The number of rotatable bonds is 38. The third-order valence-corrected chi connectivity index (χ3v) is 9.77. The molecule has 0 aromatic carbocycles. The fourth-order valence-electron chi connectivity index (χ4n) is 5.73. The van der Waals surface area contributed by atoms with E-state index >= 15 is 0 Å². The van der Waals surface area contributed by atoms with Crippen LogP contribution in [0, 0.1) is 0 Å². The van der Waals surface area contributed by atoms with Crippen molar-refractivity contribution in [3.8, 4) is 0 Å². The fraction of sp³-hybridized carbons (Fsp3) is 0.947. The number of unbranched alkanes of at least 4 members (excludes halogenated alkanes) is 25. The van der Waals surface area contributed by atoms with Gasteiger partial charge in [0.2, 0.25) is 5.91 Å². The Kier molecular flexibility index (Phi) is 35.1. The molecule has 0 saturated carbocycles. The van der Waals surface area contributed by atoms with Gasteiger partial charge >= 0.3 is 13.8 Å². The second-order valence-electron chi connectivity index (χ2n) is 13.6. The van der Waals surface area contributed by atoms with Gasteiger partial charge in [-0.2, -0.15) is 0 Å². The highest BCUT2D eigenvalue weighted by molar-refractivity contribution is 7.47. The van der Waals surface area contributed by atoms with Crippen LogP contribution in [-0.2, 0) is 27.9 Å². The molecule has 10 heteroatoms. The topological polar surface area (TPSA) is 131 Å². The van der Waals surface area contributed by atoms with Gasteiger partial charge in [0.1, 0.15) is 12.7 Å². The van der Waals surface area contributed by atoms with Gasteiger partial charge in [-0.15, -0.1) is 0 Å². The van der Waals surface area contributed by atoms with E-state index in [1.165, 1.54) is 122 Å². The summed E-state index contributed by atoms with van der Waals surface area (Å²) in [6, 6.07) is 0. The molecule has 3 N–H and O–H groups in total. The van der Waals surface area contributed by atoms with E-state index in [1.54, 1.807) is 0 Å². The third kappa shape index (κ3) is 36.3. The Morgan fingerprint density at radius 2 is 0.938 bits per heavy atom. The highest BCUT2D eigenvalue weighted by Crippen LogP contribution is 2.42. The maximum Gasteiger partial charge on any atom is 0.472 e. The van der Waals surface area contributed by atoms with Crippen molar-refractivity contribution in [2.24, 2.45) is 0 Å². The zero-order chi connectivity index (χ0) is 35.4. The summed E-state index contributed by atoms with van der Waals surface area (Å²) in [5.41, 5.74) is 0. The second-order valence-corrected chi connectivity index (χ2v) is 15.1. The van der Waals surface area contributed by atoms with Gasteiger partial charge in [0.25, 0.3) is 0 Å². The van der Waals surface area contributed by atoms with Crippen LogP contribution in [0.2, 0.25) is 0 Å². The number of aliphatic hydroxyl groups excluding tert-OH is 1. The van der Waals surface area contributed by atoms with Crippen molar-refractivity contribution in [1.29, 1.82) is 0 Å². The zero-order valence-electron chi connectivity index (χ0n) is 31.2. The Bertz CT molecular complexity index is 769. The Morgan fingerprint density at radius 3 is 1.35 bits per heavy atom.